The van der Waals surface area contributed by atoms with Crippen molar-refractivity contribution in [3.8, 4) is 18.1 Å². The lowest BCUT2D eigenvalue weighted by Crippen LogP contribution is -2.41. The van der Waals surface area contributed by atoms with Gasteiger partial charge in [0, 0.05) is 18.8 Å². The molecule has 0 aliphatic carbocycles. The molecule has 0 spiro atoms. The van der Waals surface area contributed by atoms with Crippen molar-refractivity contribution in [2.45, 2.75) is 19.8 Å². The van der Waals surface area contributed by atoms with Gasteiger partial charge in [-0.2, -0.15) is 0 Å². The summed E-state index contributed by atoms with van der Waals surface area (Å²) in [5, 5.41) is 2.92. The Morgan fingerprint density at radius 2 is 2.04 bits per heavy atom. The number of anilines is 1. The molecule has 1 N–H and O–H groups in total. The zero-order chi connectivity index (χ0) is 16.5. The van der Waals surface area contributed by atoms with Gasteiger partial charge < -0.3 is 19.7 Å². The number of carbonyl (C=O) groups is 1. The maximum atomic E-state index is 12.3. The van der Waals surface area contributed by atoms with E-state index in [0.29, 0.717) is 25.7 Å². The largest absolute Gasteiger partial charge is 0.494 e. The summed E-state index contributed by atoms with van der Waals surface area (Å²) in [5.74, 6) is 3.76. The number of likely N-dealkylation sites (tertiary alicyclic amines) is 1. The molecule has 124 valence electrons. The number of hydrogen-bond acceptors (Lipinski definition) is 3. The molecule has 0 radical (unpaired) electrons. The number of urea groups is 1. The standard InChI is InChI=1S/C18H24N2O3/c1-3-13-22-14-15-9-11-20(12-10-15)18(21)19-16-5-7-17(8-6-16)23-4-2/h1,5-8,15H,4,9-14H2,2H3,(H,19,21). The molecule has 0 unspecified atom stereocenters. The lowest BCUT2D eigenvalue weighted by Gasteiger charge is -2.31. The van der Waals surface area contributed by atoms with Gasteiger partial charge in [0.15, 0.2) is 0 Å². The van der Waals surface area contributed by atoms with Crippen LogP contribution in [0.3, 0.4) is 0 Å². The Kier molecular flexibility index (Phi) is 6.76. The monoisotopic (exact) mass is 316 g/mol. The van der Waals surface area contributed by atoms with Crippen LogP contribution in [0.5, 0.6) is 5.75 Å². The van der Waals surface area contributed by atoms with E-state index < -0.39 is 0 Å². The molecule has 0 atom stereocenters. The topological polar surface area (TPSA) is 50.8 Å². The molecule has 0 saturated carbocycles. The third kappa shape index (κ3) is 5.50. The minimum atomic E-state index is -0.0582. The molecular formula is C18H24N2O3. The molecule has 2 amide bonds. The van der Waals surface area contributed by atoms with Gasteiger partial charge in [-0.1, -0.05) is 5.92 Å². The molecule has 1 aromatic rings. The number of amides is 2. The molecule has 1 aliphatic rings. The fourth-order valence-electron chi connectivity index (χ4n) is 2.59. The first-order valence-corrected chi connectivity index (χ1v) is 8.03. The van der Waals surface area contributed by atoms with Crippen LogP contribution in [0.4, 0.5) is 10.5 Å². The first-order chi connectivity index (χ1) is 11.2. The molecule has 1 fully saturated rings. The summed E-state index contributed by atoms with van der Waals surface area (Å²) in [4.78, 5) is 14.1. The maximum Gasteiger partial charge on any atom is 0.321 e. The van der Waals surface area contributed by atoms with Crippen LogP contribution in [0.15, 0.2) is 24.3 Å². The lowest BCUT2D eigenvalue weighted by molar-refractivity contribution is 0.0932. The average molecular weight is 316 g/mol. The Balaban J connectivity index is 1.75. The lowest BCUT2D eigenvalue weighted by atomic mass is 9.98. The first kappa shape index (κ1) is 17.2. The Labute approximate surface area is 138 Å². The van der Waals surface area contributed by atoms with Crippen LogP contribution < -0.4 is 10.1 Å². The highest BCUT2D eigenvalue weighted by molar-refractivity contribution is 5.89. The summed E-state index contributed by atoms with van der Waals surface area (Å²) in [6.45, 7) is 5.10. The summed E-state index contributed by atoms with van der Waals surface area (Å²) < 4.78 is 10.8. The van der Waals surface area contributed by atoms with Crippen molar-refractivity contribution in [3.63, 3.8) is 0 Å². The summed E-state index contributed by atoms with van der Waals surface area (Å²) >= 11 is 0. The summed E-state index contributed by atoms with van der Waals surface area (Å²) in [5.41, 5.74) is 0.776. The highest BCUT2D eigenvalue weighted by atomic mass is 16.5. The molecule has 23 heavy (non-hydrogen) atoms. The van der Waals surface area contributed by atoms with Crippen LogP contribution in [0.25, 0.3) is 0 Å². The van der Waals surface area contributed by atoms with Crippen molar-refractivity contribution in [2.24, 2.45) is 5.92 Å². The van der Waals surface area contributed by atoms with Crippen molar-refractivity contribution in [3.05, 3.63) is 24.3 Å². The van der Waals surface area contributed by atoms with Gasteiger partial charge in [0.05, 0.1) is 13.2 Å². The van der Waals surface area contributed by atoms with Crippen LogP contribution >= 0.6 is 0 Å². The Bertz CT molecular complexity index is 528. The third-order valence-electron chi connectivity index (χ3n) is 3.86. The van der Waals surface area contributed by atoms with E-state index in [1.807, 2.05) is 36.1 Å². The van der Waals surface area contributed by atoms with Gasteiger partial charge in [0.2, 0.25) is 0 Å². The van der Waals surface area contributed by atoms with Crippen LogP contribution in [-0.2, 0) is 4.74 Å². The quantitative estimate of drug-likeness (QED) is 0.648. The molecule has 1 saturated heterocycles. The van der Waals surface area contributed by atoms with Gasteiger partial charge in [0.1, 0.15) is 12.4 Å². The van der Waals surface area contributed by atoms with Crippen molar-refractivity contribution in [2.75, 3.05) is 38.2 Å². The SMILES string of the molecule is C#CCOCC1CCN(C(=O)Nc2ccc(OCC)cc2)CC1. The van der Waals surface area contributed by atoms with E-state index in [2.05, 4.69) is 11.2 Å². The van der Waals surface area contributed by atoms with E-state index in [4.69, 9.17) is 15.9 Å². The van der Waals surface area contributed by atoms with Gasteiger partial charge >= 0.3 is 6.03 Å². The molecule has 0 bridgehead atoms. The molecule has 1 aliphatic heterocycles. The van der Waals surface area contributed by atoms with Crippen LogP contribution in [0, 0.1) is 18.3 Å². The molecule has 1 heterocycles. The predicted octanol–water partition coefficient (Wildman–Crippen LogP) is 2.98. The number of nitrogens with zero attached hydrogens (tertiary/aromatic N) is 1. The smallest absolute Gasteiger partial charge is 0.321 e. The number of carbonyl (C=O) groups excluding carboxylic acids is 1. The van der Waals surface area contributed by atoms with Crippen molar-refractivity contribution in [1.29, 1.82) is 0 Å². The van der Waals surface area contributed by atoms with Gasteiger partial charge in [-0.3, -0.25) is 0 Å². The van der Waals surface area contributed by atoms with Crippen molar-refractivity contribution in [1.82, 2.24) is 4.90 Å². The fourth-order valence-corrected chi connectivity index (χ4v) is 2.59. The van der Waals surface area contributed by atoms with E-state index in [9.17, 15) is 4.79 Å². The number of terminal acetylenes is 1. The minimum Gasteiger partial charge on any atom is -0.494 e. The summed E-state index contributed by atoms with van der Waals surface area (Å²) in [7, 11) is 0. The Hall–Kier alpha value is -2.19. The molecule has 1 aromatic carbocycles. The van der Waals surface area contributed by atoms with Gasteiger partial charge in [-0.05, 0) is 49.9 Å². The van der Waals surface area contributed by atoms with Crippen molar-refractivity contribution >= 4 is 11.7 Å². The van der Waals surface area contributed by atoms with Crippen LogP contribution in [0.1, 0.15) is 19.8 Å². The zero-order valence-electron chi connectivity index (χ0n) is 13.6. The predicted molar refractivity (Wildman–Crippen MR) is 90.6 cm³/mol. The minimum absolute atomic E-state index is 0.0582. The fraction of sp³-hybridized carbons (Fsp3) is 0.500. The van der Waals surface area contributed by atoms with Crippen LogP contribution in [0.2, 0.25) is 0 Å². The number of nitrogens with one attached hydrogen (secondary N) is 1. The first-order valence-electron chi connectivity index (χ1n) is 8.03. The van der Waals surface area contributed by atoms with Crippen LogP contribution in [-0.4, -0.2) is 43.8 Å². The van der Waals surface area contributed by atoms with E-state index >= 15 is 0 Å². The van der Waals surface area contributed by atoms with Gasteiger partial charge in [-0.25, -0.2) is 4.79 Å². The number of hydrogen-bond donors (Lipinski definition) is 1. The molecule has 5 heteroatoms. The highest BCUT2D eigenvalue weighted by Crippen LogP contribution is 2.20. The van der Waals surface area contributed by atoms with E-state index in [1.165, 1.54) is 0 Å². The number of rotatable bonds is 6. The number of piperidine rings is 1. The maximum absolute atomic E-state index is 12.3. The second-order valence-corrected chi connectivity index (χ2v) is 5.54. The van der Waals surface area contributed by atoms with E-state index in [0.717, 1.165) is 37.4 Å². The third-order valence-corrected chi connectivity index (χ3v) is 3.86. The zero-order valence-corrected chi connectivity index (χ0v) is 13.6. The second kappa shape index (κ2) is 9.06. The van der Waals surface area contributed by atoms with Gasteiger partial charge in [0.25, 0.3) is 0 Å². The Morgan fingerprint density at radius 1 is 1.35 bits per heavy atom. The molecular weight excluding hydrogens is 292 g/mol. The number of benzene rings is 1. The van der Waals surface area contributed by atoms with Crippen molar-refractivity contribution < 1.29 is 14.3 Å². The summed E-state index contributed by atoms with van der Waals surface area (Å²) in [6, 6.07) is 7.35. The molecule has 0 aromatic heterocycles. The summed E-state index contributed by atoms with van der Waals surface area (Å²) in [6.07, 6.45) is 7.05. The number of ether oxygens (including phenoxy) is 2. The Morgan fingerprint density at radius 3 is 2.65 bits per heavy atom. The van der Waals surface area contributed by atoms with Gasteiger partial charge in [-0.15, -0.1) is 6.42 Å². The second-order valence-electron chi connectivity index (χ2n) is 5.54. The molecule has 2 rings (SSSR count). The highest BCUT2D eigenvalue weighted by Gasteiger charge is 2.22. The van der Waals surface area contributed by atoms with E-state index in [-0.39, 0.29) is 6.03 Å². The average Bonchev–Trinajstić information content (AvgIpc) is 2.58. The molecule has 5 nitrogen and oxygen atoms in total. The normalized spacial score (nSPS) is 15.0. The van der Waals surface area contributed by atoms with E-state index in [1.54, 1.807) is 0 Å².